The second-order valence-corrected chi connectivity index (χ2v) is 6.52. The molecule has 1 aliphatic rings. The summed E-state index contributed by atoms with van der Waals surface area (Å²) in [6, 6.07) is 4.77. The van der Waals surface area contributed by atoms with Crippen molar-refractivity contribution in [1.82, 2.24) is 9.03 Å². The van der Waals surface area contributed by atoms with E-state index in [1.807, 2.05) is 0 Å². The summed E-state index contributed by atoms with van der Waals surface area (Å²) < 4.78 is 50.6. The molecule has 1 aromatic carbocycles. The monoisotopic (exact) mass is 348 g/mol. The molecule has 0 radical (unpaired) electrons. The van der Waals surface area contributed by atoms with Gasteiger partial charge in [-0.3, -0.25) is 0 Å². The minimum Gasteiger partial charge on any atom is -0.478 e. The molecule has 1 unspecified atom stereocenters. The van der Waals surface area contributed by atoms with Crippen molar-refractivity contribution in [2.75, 3.05) is 32.8 Å². The molecule has 1 saturated heterocycles. The zero-order chi connectivity index (χ0) is 16.9. The Hall–Kier alpha value is -1.75. The molecule has 0 spiro atoms. The first kappa shape index (κ1) is 17.6. The molecular weight excluding hydrogens is 331 g/mol. The minimum atomic E-state index is -3.81. The van der Waals surface area contributed by atoms with Gasteiger partial charge in [0.25, 0.3) is 10.2 Å². The summed E-state index contributed by atoms with van der Waals surface area (Å²) in [5.41, 5.74) is 0. The molecule has 23 heavy (non-hydrogen) atoms. The van der Waals surface area contributed by atoms with Crippen LogP contribution in [0, 0.1) is 5.82 Å². The molecule has 8 nitrogen and oxygen atoms in total. The number of morpholine rings is 1. The molecular formula is C13H17FN2O6S. The number of hydrogen-bond acceptors (Lipinski definition) is 5. The van der Waals surface area contributed by atoms with Crippen LogP contribution in [0.4, 0.5) is 4.39 Å². The van der Waals surface area contributed by atoms with Crippen LogP contribution in [-0.2, 0) is 19.7 Å². The highest BCUT2D eigenvalue weighted by molar-refractivity contribution is 7.87. The van der Waals surface area contributed by atoms with E-state index in [0.717, 1.165) is 12.1 Å². The summed E-state index contributed by atoms with van der Waals surface area (Å²) in [5, 5.41) is 9.13. The predicted molar refractivity (Wildman–Crippen MR) is 77.8 cm³/mol. The fraction of sp³-hybridized carbons (Fsp3) is 0.462. The Balaban J connectivity index is 1.96. The van der Waals surface area contributed by atoms with E-state index in [2.05, 4.69) is 4.72 Å². The molecule has 0 saturated carbocycles. The van der Waals surface area contributed by atoms with E-state index < -0.39 is 34.6 Å². The van der Waals surface area contributed by atoms with Gasteiger partial charge in [-0.1, -0.05) is 0 Å². The fourth-order valence-corrected chi connectivity index (χ4v) is 3.09. The Morgan fingerprint density at radius 1 is 1.35 bits per heavy atom. The minimum absolute atomic E-state index is 0.129. The maximum absolute atomic E-state index is 12.8. The fourth-order valence-electron chi connectivity index (χ4n) is 1.92. The quantitative estimate of drug-likeness (QED) is 0.708. The first-order chi connectivity index (χ1) is 10.9. The van der Waals surface area contributed by atoms with Gasteiger partial charge in [0.05, 0.1) is 19.8 Å². The van der Waals surface area contributed by atoms with Crippen LogP contribution >= 0.6 is 0 Å². The number of rotatable bonds is 7. The normalized spacial score (nSPS) is 17.6. The summed E-state index contributed by atoms with van der Waals surface area (Å²) in [6.45, 7) is 0.523. The van der Waals surface area contributed by atoms with Gasteiger partial charge in [0, 0.05) is 13.1 Å². The van der Waals surface area contributed by atoms with E-state index in [9.17, 15) is 17.6 Å². The van der Waals surface area contributed by atoms with Crippen molar-refractivity contribution in [3.8, 4) is 5.75 Å². The van der Waals surface area contributed by atoms with Crippen LogP contribution in [0.1, 0.15) is 0 Å². The molecule has 1 aliphatic heterocycles. The molecule has 1 atom stereocenters. The maximum Gasteiger partial charge on any atom is 0.346 e. The highest BCUT2D eigenvalue weighted by atomic mass is 32.2. The lowest BCUT2D eigenvalue weighted by molar-refractivity contribution is -0.144. The third-order valence-electron chi connectivity index (χ3n) is 3.13. The van der Waals surface area contributed by atoms with Crippen molar-refractivity contribution in [3.05, 3.63) is 30.1 Å². The van der Waals surface area contributed by atoms with Crippen LogP contribution in [-0.4, -0.2) is 62.8 Å². The second kappa shape index (κ2) is 7.68. The molecule has 1 aromatic rings. The van der Waals surface area contributed by atoms with Crippen molar-refractivity contribution in [1.29, 1.82) is 0 Å². The Bertz CT molecular complexity index is 630. The molecule has 0 aliphatic carbocycles. The number of ether oxygens (including phenoxy) is 2. The number of nitrogens with one attached hydrogen (secondary N) is 1. The third kappa shape index (κ3) is 5.13. The molecule has 1 heterocycles. The van der Waals surface area contributed by atoms with Gasteiger partial charge >= 0.3 is 5.97 Å². The van der Waals surface area contributed by atoms with Crippen molar-refractivity contribution in [3.63, 3.8) is 0 Å². The molecule has 1 fully saturated rings. The van der Waals surface area contributed by atoms with Crippen LogP contribution in [0.2, 0.25) is 0 Å². The summed E-state index contributed by atoms with van der Waals surface area (Å²) in [4.78, 5) is 11.2. The smallest absolute Gasteiger partial charge is 0.346 e. The van der Waals surface area contributed by atoms with Gasteiger partial charge in [0.1, 0.15) is 11.6 Å². The van der Waals surface area contributed by atoms with Crippen molar-refractivity contribution in [2.45, 2.75) is 6.10 Å². The Morgan fingerprint density at radius 3 is 2.52 bits per heavy atom. The van der Waals surface area contributed by atoms with Gasteiger partial charge in [-0.05, 0) is 24.3 Å². The van der Waals surface area contributed by atoms with E-state index >= 15 is 0 Å². The van der Waals surface area contributed by atoms with E-state index in [-0.39, 0.29) is 32.1 Å². The number of carbonyl (C=O) groups is 1. The highest BCUT2D eigenvalue weighted by Crippen LogP contribution is 2.13. The summed E-state index contributed by atoms with van der Waals surface area (Å²) in [6.07, 6.45) is -1.43. The van der Waals surface area contributed by atoms with E-state index in [1.54, 1.807) is 0 Å². The van der Waals surface area contributed by atoms with Crippen molar-refractivity contribution in [2.24, 2.45) is 0 Å². The van der Waals surface area contributed by atoms with Gasteiger partial charge in [-0.25, -0.2) is 9.18 Å². The molecule has 10 heteroatoms. The number of halogens is 1. The average molecular weight is 348 g/mol. The lowest BCUT2D eigenvalue weighted by Gasteiger charge is -2.26. The maximum atomic E-state index is 12.8. The van der Waals surface area contributed by atoms with Crippen LogP contribution in [0.25, 0.3) is 0 Å². The highest BCUT2D eigenvalue weighted by Gasteiger charge is 2.27. The standard InChI is InChI=1S/C13H17FN2O6S/c14-10-1-3-11(4-2-10)22-12(13(17)18)9-15-23(19,20)16-5-7-21-8-6-16/h1-4,12,15H,5-9H2,(H,17,18). The van der Waals surface area contributed by atoms with Crippen molar-refractivity contribution >= 4 is 16.2 Å². The number of hydrogen-bond donors (Lipinski definition) is 2. The van der Waals surface area contributed by atoms with Gasteiger partial charge < -0.3 is 14.6 Å². The van der Waals surface area contributed by atoms with Gasteiger partial charge in [-0.2, -0.15) is 17.4 Å². The van der Waals surface area contributed by atoms with Gasteiger partial charge in [0.15, 0.2) is 0 Å². The van der Waals surface area contributed by atoms with Gasteiger partial charge in [-0.15, -0.1) is 0 Å². The van der Waals surface area contributed by atoms with Crippen LogP contribution in [0.5, 0.6) is 5.75 Å². The zero-order valence-corrected chi connectivity index (χ0v) is 13.0. The third-order valence-corrected chi connectivity index (χ3v) is 4.70. The molecule has 0 amide bonds. The Labute approximate surface area is 133 Å². The predicted octanol–water partition coefficient (Wildman–Crippen LogP) is -0.176. The molecule has 128 valence electrons. The number of carboxylic acids is 1. The number of nitrogens with zero attached hydrogens (tertiary/aromatic N) is 1. The average Bonchev–Trinajstić information content (AvgIpc) is 2.54. The van der Waals surface area contributed by atoms with Crippen molar-refractivity contribution < 1.29 is 32.2 Å². The zero-order valence-electron chi connectivity index (χ0n) is 12.1. The first-order valence-corrected chi connectivity index (χ1v) is 8.30. The van der Waals surface area contributed by atoms with Crippen LogP contribution in [0.15, 0.2) is 24.3 Å². The van der Waals surface area contributed by atoms with Gasteiger partial charge in [0.2, 0.25) is 6.10 Å². The van der Waals surface area contributed by atoms with Crippen LogP contribution in [0.3, 0.4) is 0 Å². The largest absolute Gasteiger partial charge is 0.478 e. The summed E-state index contributed by atoms with van der Waals surface area (Å²) >= 11 is 0. The Kier molecular flexibility index (Phi) is 5.88. The molecule has 0 bridgehead atoms. The first-order valence-electron chi connectivity index (χ1n) is 6.86. The number of carboxylic acid groups (broad SMARTS) is 1. The molecule has 2 N–H and O–H groups in total. The van der Waals surface area contributed by atoms with E-state index in [0.29, 0.717) is 0 Å². The summed E-state index contributed by atoms with van der Waals surface area (Å²) in [7, 11) is -3.81. The molecule has 0 aromatic heterocycles. The number of aliphatic carboxylic acids is 1. The lowest BCUT2D eigenvalue weighted by Crippen LogP contribution is -2.49. The number of benzene rings is 1. The van der Waals surface area contributed by atoms with E-state index in [4.69, 9.17) is 14.6 Å². The Morgan fingerprint density at radius 2 is 1.96 bits per heavy atom. The molecule has 2 rings (SSSR count). The topological polar surface area (TPSA) is 105 Å². The van der Waals surface area contributed by atoms with E-state index in [1.165, 1.54) is 16.4 Å². The van der Waals surface area contributed by atoms with Crippen LogP contribution < -0.4 is 9.46 Å². The summed E-state index contributed by atoms with van der Waals surface area (Å²) in [5.74, 6) is -1.69. The lowest BCUT2D eigenvalue weighted by atomic mass is 10.3. The second-order valence-electron chi connectivity index (χ2n) is 4.76. The SMILES string of the molecule is O=C(O)C(CNS(=O)(=O)N1CCOCC1)Oc1ccc(F)cc1.